The summed E-state index contributed by atoms with van der Waals surface area (Å²) in [7, 11) is 0. The maximum absolute atomic E-state index is 5.50. The van der Waals surface area contributed by atoms with Gasteiger partial charge in [0, 0.05) is 12.2 Å². The summed E-state index contributed by atoms with van der Waals surface area (Å²) in [6.07, 6.45) is 15.7. The lowest BCUT2D eigenvalue weighted by Crippen LogP contribution is -2.30. The second-order valence-electron chi connectivity index (χ2n) is 7.22. The molecule has 0 aliphatic carbocycles. The molecule has 0 unspecified atom stereocenters. The highest BCUT2D eigenvalue weighted by Crippen LogP contribution is 2.22. The van der Waals surface area contributed by atoms with Crippen LogP contribution in [0.3, 0.4) is 0 Å². The summed E-state index contributed by atoms with van der Waals surface area (Å²) < 4.78 is 0. The smallest absolute Gasteiger partial charge is 0.170 e. The Bertz CT molecular complexity index is 477. The van der Waals surface area contributed by atoms with Crippen LogP contribution >= 0.6 is 12.2 Å². The van der Waals surface area contributed by atoms with Crippen molar-refractivity contribution in [3.05, 3.63) is 29.3 Å². The zero-order valence-electron chi connectivity index (χ0n) is 17.3. The molecule has 3 heteroatoms. The number of anilines is 1. The molecule has 0 aliphatic rings. The summed E-state index contributed by atoms with van der Waals surface area (Å²) in [4.78, 5) is 0. The van der Waals surface area contributed by atoms with E-state index in [0.29, 0.717) is 0 Å². The molecular formula is C23H40N2S. The number of unbranched alkanes of at least 4 members (excludes halogenated alkanes) is 9. The van der Waals surface area contributed by atoms with Gasteiger partial charge in [-0.25, -0.2) is 0 Å². The van der Waals surface area contributed by atoms with Gasteiger partial charge in [-0.3, -0.25) is 0 Å². The van der Waals surface area contributed by atoms with E-state index in [-0.39, 0.29) is 0 Å². The number of hydrogen-bond donors (Lipinski definition) is 2. The van der Waals surface area contributed by atoms with Crippen molar-refractivity contribution in [1.82, 2.24) is 5.32 Å². The first kappa shape index (κ1) is 23.0. The van der Waals surface area contributed by atoms with E-state index in [1.807, 2.05) is 0 Å². The molecule has 26 heavy (non-hydrogen) atoms. The van der Waals surface area contributed by atoms with E-state index in [1.54, 1.807) is 0 Å². The summed E-state index contributed by atoms with van der Waals surface area (Å²) in [5, 5.41) is 7.58. The summed E-state index contributed by atoms with van der Waals surface area (Å²) in [5.41, 5.74) is 3.89. The second-order valence-corrected chi connectivity index (χ2v) is 7.63. The number of para-hydroxylation sites is 1. The molecule has 0 saturated carbocycles. The molecule has 0 fully saturated rings. The number of nitrogens with one attached hydrogen (secondary N) is 2. The van der Waals surface area contributed by atoms with Gasteiger partial charge in [-0.1, -0.05) is 96.8 Å². The Morgan fingerprint density at radius 1 is 0.769 bits per heavy atom. The second kappa shape index (κ2) is 15.0. The molecule has 1 rings (SSSR count). The van der Waals surface area contributed by atoms with Crippen LogP contribution in [0.15, 0.2) is 18.2 Å². The van der Waals surface area contributed by atoms with E-state index >= 15 is 0 Å². The Labute approximate surface area is 167 Å². The van der Waals surface area contributed by atoms with Crippen LogP contribution in [-0.4, -0.2) is 11.7 Å². The van der Waals surface area contributed by atoms with E-state index in [9.17, 15) is 0 Å². The van der Waals surface area contributed by atoms with E-state index in [2.05, 4.69) is 49.6 Å². The molecule has 0 amide bonds. The largest absolute Gasteiger partial charge is 0.362 e. The maximum Gasteiger partial charge on any atom is 0.170 e. The van der Waals surface area contributed by atoms with Crippen LogP contribution in [0.5, 0.6) is 0 Å². The summed E-state index contributed by atoms with van der Waals surface area (Å²) in [6, 6.07) is 6.52. The van der Waals surface area contributed by atoms with Crippen molar-refractivity contribution < 1.29 is 0 Å². The molecule has 0 bridgehead atoms. The molecule has 148 valence electrons. The highest BCUT2D eigenvalue weighted by molar-refractivity contribution is 7.80. The Kier molecular flexibility index (Phi) is 13.3. The van der Waals surface area contributed by atoms with Gasteiger partial charge in [0.1, 0.15) is 0 Å². The van der Waals surface area contributed by atoms with Crippen molar-refractivity contribution in [3.8, 4) is 0 Å². The molecule has 0 aromatic heterocycles. The first-order chi connectivity index (χ1) is 12.7. The Hall–Kier alpha value is -1.09. The van der Waals surface area contributed by atoms with Gasteiger partial charge in [-0.05, 0) is 42.6 Å². The molecule has 0 radical (unpaired) electrons. The molecule has 0 saturated heterocycles. The van der Waals surface area contributed by atoms with Crippen LogP contribution in [-0.2, 0) is 12.8 Å². The molecule has 1 aromatic rings. The lowest BCUT2D eigenvalue weighted by atomic mass is 10.0. The zero-order valence-corrected chi connectivity index (χ0v) is 18.1. The van der Waals surface area contributed by atoms with Crippen LogP contribution < -0.4 is 10.6 Å². The standard InChI is InChI=1S/C23H40N2S/c1-4-7-8-9-10-11-12-13-14-15-19-24-23(26)25-22-20(5-2)17-16-18-21(22)6-3/h16-18H,4-15,19H2,1-3H3,(H2,24,25,26). The summed E-state index contributed by atoms with van der Waals surface area (Å²) in [6.45, 7) is 7.64. The van der Waals surface area contributed by atoms with E-state index in [1.165, 1.54) is 81.0 Å². The van der Waals surface area contributed by atoms with Crippen LogP contribution in [0.2, 0.25) is 0 Å². The molecule has 0 atom stereocenters. The minimum absolute atomic E-state index is 0.761. The average Bonchev–Trinajstić information content (AvgIpc) is 2.66. The van der Waals surface area contributed by atoms with Gasteiger partial charge in [-0.15, -0.1) is 0 Å². The van der Waals surface area contributed by atoms with Crippen LogP contribution in [0.1, 0.15) is 96.1 Å². The van der Waals surface area contributed by atoms with Crippen molar-refractivity contribution in [3.63, 3.8) is 0 Å². The highest BCUT2D eigenvalue weighted by Gasteiger charge is 2.07. The molecular weight excluding hydrogens is 336 g/mol. The number of thiocarbonyl (C=S) groups is 1. The SMILES string of the molecule is CCCCCCCCCCCCNC(=S)Nc1c(CC)cccc1CC. The van der Waals surface area contributed by atoms with Crippen LogP contribution in [0, 0.1) is 0 Å². The maximum atomic E-state index is 5.50. The number of aryl methyl sites for hydroxylation is 2. The van der Waals surface area contributed by atoms with Crippen molar-refractivity contribution in [1.29, 1.82) is 0 Å². The Balaban J connectivity index is 2.13. The van der Waals surface area contributed by atoms with Gasteiger partial charge >= 0.3 is 0 Å². The fourth-order valence-electron chi connectivity index (χ4n) is 3.38. The zero-order chi connectivity index (χ0) is 19.0. The monoisotopic (exact) mass is 376 g/mol. The van der Waals surface area contributed by atoms with Crippen molar-refractivity contribution in [2.45, 2.75) is 97.8 Å². The van der Waals surface area contributed by atoms with Crippen LogP contribution in [0.25, 0.3) is 0 Å². The van der Waals surface area contributed by atoms with Crippen molar-refractivity contribution >= 4 is 23.0 Å². The van der Waals surface area contributed by atoms with E-state index in [4.69, 9.17) is 12.2 Å². The minimum Gasteiger partial charge on any atom is -0.362 e. The van der Waals surface area contributed by atoms with Gasteiger partial charge in [-0.2, -0.15) is 0 Å². The van der Waals surface area contributed by atoms with Crippen molar-refractivity contribution in [2.24, 2.45) is 0 Å². The van der Waals surface area contributed by atoms with Crippen LogP contribution in [0.4, 0.5) is 5.69 Å². The highest BCUT2D eigenvalue weighted by atomic mass is 32.1. The van der Waals surface area contributed by atoms with Gasteiger partial charge in [0.2, 0.25) is 0 Å². The average molecular weight is 377 g/mol. The summed E-state index contributed by atoms with van der Waals surface area (Å²) in [5.74, 6) is 0. The fourth-order valence-corrected chi connectivity index (χ4v) is 3.58. The molecule has 2 N–H and O–H groups in total. The molecule has 0 spiro atoms. The molecule has 2 nitrogen and oxygen atoms in total. The minimum atomic E-state index is 0.761. The Morgan fingerprint density at radius 3 is 1.77 bits per heavy atom. The normalized spacial score (nSPS) is 10.7. The third kappa shape index (κ3) is 9.56. The van der Waals surface area contributed by atoms with Gasteiger partial charge in [0.05, 0.1) is 0 Å². The topological polar surface area (TPSA) is 24.1 Å². The summed E-state index contributed by atoms with van der Waals surface area (Å²) >= 11 is 5.50. The molecule has 1 aromatic carbocycles. The molecule has 0 aliphatic heterocycles. The molecule has 0 heterocycles. The third-order valence-corrected chi connectivity index (χ3v) is 5.30. The third-order valence-electron chi connectivity index (χ3n) is 5.05. The Morgan fingerprint density at radius 2 is 1.27 bits per heavy atom. The number of rotatable bonds is 14. The van der Waals surface area contributed by atoms with Gasteiger partial charge in [0.15, 0.2) is 5.11 Å². The quantitative estimate of drug-likeness (QED) is 0.269. The van der Waals surface area contributed by atoms with Gasteiger partial charge in [0.25, 0.3) is 0 Å². The number of hydrogen-bond acceptors (Lipinski definition) is 1. The lowest BCUT2D eigenvalue weighted by Gasteiger charge is -2.17. The number of benzene rings is 1. The van der Waals surface area contributed by atoms with E-state index < -0.39 is 0 Å². The predicted octanol–water partition coefficient (Wildman–Crippen LogP) is 7.02. The lowest BCUT2D eigenvalue weighted by molar-refractivity contribution is 0.555. The van der Waals surface area contributed by atoms with Crippen molar-refractivity contribution in [2.75, 3.05) is 11.9 Å². The fraction of sp³-hybridized carbons (Fsp3) is 0.696. The first-order valence-electron chi connectivity index (χ1n) is 10.9. The predicted molar refractivity (Wildman–Crippen MR) is 121 cm³/mol. The first-order valence-corrected chi connectivity index (χ1v) is 11.3. The van der Waals surface area contributed by atoms with E-state index in [0.717, 1.165) is 24.5 Å². The van der Waals surface area contributed by atoms with Gasteiger partial charge < -0.3 is 10.6 Å².